The molecule has 4 rings (SSSR count). The molecule has 3 nitrogen and oxygen atoms in total. The van der Waals surface area contributed by atoms with Gasteiger partial charge in [0.25, 0.3) is 0 Å². The summed E-state index contributed by atoms with van der Waals surface area (Å²) in [6.07, 6.45) is 0. The molecule has 0 spiro atoms. The summed E-state index contributed by atoms with van der Waals surface area (Å²) in [7, 11) is 1.63. The van der Waals surface area contributed by atoms with Crippen molar-refractivity contribution in [2.24, 2.45) is 0 Å². The van der Waals surface area contributed by atoms with Crippen LogP contribution in [-0.2, 0) is 0 Å². The van der Waals surface area contributed by atoms with Gasteiger partial charge in [0.15, 0.2) is 0 Å². The van der Waals surface area contributed by atoms with E-state index in [1.54, 1.807) is 7.11 Å². The summed E-state index contributed by atoms with van der Waals surface area (Å²) in [5.74, 6) is 0.772. The predicted octanol–water partition coefficient (Wildman–Crippen LogP) is 6.01. The topological polar surface area (TPSA) is 42.1 Å². The van der Waals surface area contributed by atoms with Crippen LogP contribution in [0.2, 0.25) is 5.02 Å². The molecule has 0 saturated carbocycles. The molecule has 0 fully saturated rings. The number of para-hydroxylation sites is 1. The Balaban J connectivity index is 1.91. The summed E-state index contributed by atoms with van der Waals surface area (Å²) in [5, 5.41) is 1.34. The average molecular weight is 394 g/mol. The molecule has 0 aliphatic carbocycles. The number of fused-ring (bicyclic) bond motifs is 1. The summed E-state index contributed by atoms with van der Waals surface area (Å²) >= 11 is 7.43. The normalized spacial score (nSPS) is 10.9. The summed E-state index contributed by atoms with van der Waals surface area (Å²) in [4.78, 5) is 18.3. The molecule has 0 aliphatic heterocycles. The first kappa shape index (κ1) is 17.7. The number of aromatic nitrogens is 1. The zero-order valence-corrected chi connectivity index (χ0v) is 16.1. The SMILES string of the molecule is COc1ccc(-c2[nH]c3ccccc3c(=O)c2Sc2ccc(Cl)cc2)cc1. The summed E-state index contributed by atoms with van der Waals surface area (Å²) in [6, 6.07) is 22.7. The monoisotopic (exact) mass is 393 g/mol. The lowest BCUT2D eigenvalue weighted by atomic mass is 10.1. The number of hydrogen-bond acceptors (Lipinski definition) is 3. The van der Waals surface area contributed by atoms with Gasteiger partial charge in [-0.25, -0.2) is 0 Å². The minimum absolute atomic E-state index is 0.00937. The number of benzene rings is 3. The van der Waals surface area contributed by atoms with Crippen molar-refractivity contribution in [2.75, 3.05) is 7.11 Å². The lowest BCUT2D eigenvalue weighted by Gasteiger charge is -2.12. The molecule has 5 heteroatoms. The van der Waals surface area contributed by atoms with Crippen LogP contribution in [0.15, 0.2) is 87.4 Å². The number of methoxy groups -OCH3 is 1. The molecule has 0 radical (unpaired) electrons. The molecule has 3 aromatic carbocycles. The number of hydrogen-bond donors (Lipinski definition) is 1. The van der Waals surface area contributed by atoms with Gasteiger partial charge in [-0.1, -0.05) is 35.5 Å². The molecule has 0 saturated heterocycles. The number of rotatable bonds is 4. The zero-order chi connectivity index (χ0) is 18.8. The van der Waals surface area contributed by atoms with E-state index < -0.39 is 0 Å². The molecule has 0 atom stereocenters. The van der Waals surface area contributed by atoms with Crippen molar-refractivity contribution in [3.8, 4) is 17.0 Å². The molecule has 0 unspecified atom stereocenters. The van der Waals surface area contributed by atoms with E-state index in [0.717, 1.165) is 27.4 Å². The van der Waals surface area contributed by atoms with Crippen LogP contribution in [0.3, 0.4) is 0 Å². The van der Waals surface area contributed by atoms with Gasteiger partial charge in [-0.05, 0) is 66.2 Å². The number of ether oxygens (including phenoxy) is 1. The minimum Gasteiger partial charge on any atom is -0.497 e. The van der Waals surface area contributed by atoms with Crippen LogP contribution < -0.4 is 10.2 Å². The first-order valence-electron chi connectivity index (χ1n) is 8.38. The van der Waals surface area contributed by atoms with Gasteiger partial charge >= 0.3 is 0 Å². The maximum absolute atomic E-state index is 13.2. The molecule has 1 heterocycles. The van der Waals surface area contributed by atoms with Crippen LogP contribution in [0.5, 0.6) is 5.75 Å². The van der Waals surface area contributed by atoms with E-state index in [9.17, 15) is 4.79 Å². The van der Waals surface area contributed by atoms with Gasteiger partial charge in [0.2, 0.25) is 5.43 Å². The van der Waals surface area contributed by atoms with Crippen molar-refractivity contribution >= 4 is 34.3 Å². The minimum atomic E-state index is 0.00937. The fourth-order valence-electron chi connectivity index (χ4n) is 2.90. The molecule has 4 aromatic rings. The van der Waals surface area contributed by atoms with Gasteiger partial charge in [-0.3, -0.25) is 4.79 Å². The van der Waals surface area contributed by atoms with E-state index in [1.165, 1.54) is 11.8 Å². The van der Waals surface area contributed by atoms with Gasteiger partial charge in [0, 0.05) is 20.8 Å². The molecular formula is C22H16ClNO2S. The van der Waals surface area contributed by atoms with Gasteiger partial charge in [-0.15, -0.1) is 0 Å². The highest BCUT2D eigenvalue weighted by molar-refractivity contribution is 7.99. The molecule has 0 amide bonds. The van der Waals surface area contributed by atoms with E-state index in [1.807, 2.05) is 72.8 Å². The Labute approximate surface area is 166 Å². The Bertz CT molecular complexity index is 1150. The maximum Gasteiger partial charge on any atom is 0.203 e. The highest BCUT2D eigenvalue weighted by atomic mass is 35.5. The first-order valence-corrected chi connectivity index (χ1v) is 9.58. The fraction of sp³-hybridized carbons (Fsp3) is 0.0455. The smallest absolute Gasteiger partial charge is 0.203 e. The van der Waals surface area contributed by atoms with Crippen LogP contribution in [0, 0.1) is 0 Å². The largest absolute Gasteiger partial charge is 0.497 e. The molecular weight excluding hydrogens is 378 g/mol. The van der Waals surface area contributed by atoms with E-state index in [2.05, 4.69) is 4.98 Å². The van der Waals surface area contributed by atoms with Crippen molar-refractivity contribution < 1.29 is 4.74 Å². The van der Waals surface area contributed by atoms with Gasteiger partial charge < -0.3 is 9.72 Å². The molecule has 134 valence electrons. The maximum atomic E-state index is 13.2. The molecule has 1 N–H and O–H groups in total. The molecule has 0 bridgehead atoms. The predicted molar refractivity (Wildman–Crippen MR) is 112 cm³/mol. The summed E-state index contributed by atoms with van der Waals surface area (Å²) in [6.45, 7) is 0. The highest BCUT2D eigenvalue weighted by Crippen LogP contribution is 2.35. The fourth-order valence-corrected chi connectivity index (χ4v) is 4.00. The third-order valence-corrected chi connectivity index (χ3v) is 5.63. The van der Waals surface area contributed by atoms with E-state index in [4.69, 9.17) is 16.3 Å². The van der Waals surface area contributed by atoms with Crippen molar-refractivity contribution in [1.29, 1.82) is 0 Å². The third-order valence-electron chi connectivity index (χ3n) is 4.28. The number of halogens is 1. The van der Waals surface area contributed by atoms with Crippen LogP contribution in [0.1, 0.15) is 0 Å². The van der Waals surface area contributed by atoms with Crippen molar-refractivity contribution in [3.05, 3.63) is 88.0 Å². The Hall–Kier alpha value is -2.69. The lowest BCUT2D eigenvalue weighted by Crippen LogP contribution is -2.08. The van der Waals surface area contributed by atoms with Gasteiger partial charge in [-0.2, -0.15) is 0 Å². The number of H-pyrrole nitrogens is 1. The third kappa shape index (κ3) is 3.59. The second-order valence-corrected chi connectivity index (χ2v) is 7.51. The zero-order valence-electron chi connectivity index (χ0n) is 14.5. The second kappa shape index (κ2) is 7.51. The number of pyridine rings is 1. The van der Waals surface area contributed by atoms with Crippen LogP contribution in [0.25, 0.3) is 22.2 Å². The Morgan fingerprint density at radius 3 is 2.33 bits per heavy atom. The molecule has 27 heavy (non-hydrogen) atoms. The highest BCUT2D eigenvalue weighted by Gasteiger charge is 2.15. The van der Waals surface area contributed by atoms with Gasteiger partial charge in [0.05, 0.1) is 17.7 Å². The van der Waals surface area contributed by atoms with E-state index in [-0.39, 0.29) is 5.43 Å². The Kier molecular flexibility index (Phi) is 4.92. The van der Waals surface area contributed by atoms with Crippen molar-refractivity contribution in [2.45, 2.75) is 9.79 Å². The first-order chi connectivity index (χ1) is 13.2. The lowest BCUT2D eigenvalue weighted by molar-refractivity contribution is 0.415. The number of nitrogens with one attached hydrogen (secondary N) is 1. The van der Waals surface area contributed by atoms with Crippen LogP contribution in [0.4, 0.5) is 0 Å². The molecule has 0 aliphatic rings. The summed E-state index contributed by atoms with van der Waals surface area (Å²) < 4.78 is 5.25. The van der Waals surface area contributed by atoms with E-state index >= 15 is 0 Å². The standard InChI is InChI=1S/C22H16ClNO2S/c1-26-16-10-6-14(7-11-16)20-22(27-17-12-8-15(23)9-13-17)21(25)18-4-2-3-5-19(18)24-20/h2-13H,1H3,(H,24,25). The van der Waals surface area contributed by atoms with E-state index in [0.29, 0.717) is 15.3 Å². The Morgan fingerprint density at radius 2 is 1.63 bits per heavy atom. The molecule has 1 aromatic heterocycles. The Morgan fingerprint density at radius 1 is 0.926 bits per heavy atom. The number of aromatic amines is 1. The summed E-state index contributed by atoms with van der Waals surface area (Å²) in [5.41, 5.74) is 2.54. The van der Waals surface area contributed by atoms with Crippen molar-refractivity contribution in [3.63, 3.8) is 0 Å². The van der Waals surface area contributed by atoms with Crippen LogP contribution >= 0.6 is 23.4 Å². The van der Waals surface area contributed by atoms with Gasteiger partial charge in [0.1, 0.15) is 5.75 Å². The second-order valence-electron chi connectivity index (χ2n) is 5.99. The van der Waals surface area contributed by atoms with Crippen LogP contribution in [-0.4, -0.2) is 12.1 Å². The quantitative estimate of drug-likeness (QED) is 0.461. The van der Waals surface area contributed by atoms with Crippen molar-refractivity contribution in [1.82, 2.24) is 4.98 Å². The average Bonchev–Trinajstić information content (AvgIpc) is 2.71.